The van der Waals surface area contributed by atoms with Gasteiger partial charge in [0.05, 0.1) is 23.4 Å². The number of carboxylic acids is 1. The molecule has 7 rings (SSSR count). The smallest absolute Gasteiger partial charge is 0.308 e. The molecule has 8 nitrogen and oxygen atoms in total. The summed E-state index contributed by atoms with van der Waals surface area (Å²) in [7, 11) is 0. The zero-order valence-electron chi connectivity index (χ0n) is 18.3. The molecule has 0 aliphatic heterocycles. The zero-order chi connectivity index (χ0) is 23.2. The van der Waals surface area contributed by atoms with E-state index in [4.69, 9.17) is 21.6 Å². The van der Waals surface area contributed by atoms with Crippen LogP contribution < -0.4 is 5.32 Å². The lowest BCUT2D eigenvalue weighted by Crippen LogP contribution is -2.51. The highest BCUT2D eigenvalue weighted by Crippen LogP contribution is 2.46. The molecule has 3 fully saturated rings. The first-order chi connectivity index (χ1) is 16.6. The highest BCUT2D eigenvalue weighted by molar-refractivity contribution is 6.29. The molecule has 2 atom stereocenters. The first-order valence-electron chi connectivity index (χ1n) is 11.5. The quantitative estimate of drug-likeness (QED) is 0.371. The average Bonchev–Trinajstić information content (AvgIpc) is 3.28. The predicted molar refractivity (Wildman–Crippen MR) is 129 cm³/mol. The van der Waals surface area contributed by atoms with Gasteiger partial charge in [-0.2, -0.15) is 0 Å². The molecule has 0 amide bonds. The van der Waals surface area contributed by atoms with E-state index >= 15 is 0 Å². The van der Waals surface area contributed by atoms with Crippen molar-refractivity contribution in [1.29, 1.82) is 0 Å². The third kappa shape index (κ3) is 3.68. The summed E-state index contributed by atoms with van der Waals surface area (Å²) < 4.78 is 0. The van der Waals surface area contributed by atoms with Crippen LogP contribution in [-0.4, -0.2) is 42.0 Å². The van der Waals surface area contributed by atoms with Crippen molar-refractivity contribution >= 4 is 34.6 Å². The van der Waals surface area contributed by atoms with Crippen LogP contribution in [0.2, 0.25) is 5.15 Å². The molecule has 2 unspecified atom stereocenters. The van der Waals surface area contributed by atoms with Gasteiger partial charge in [-0.05, 0) is 37.5 Å². The number of anilines is 1. The Kier molecular flexibility index (Phi) is 5.17. The van der Waals surface area contributed by atoms with Gasteiger partial charge in [-0.15, -0.1) is 0 Å². The normalized spacial score (nSPS) is 23.8. The molecule has 0 spiro atoms. The third-order valence-corrected chi connectivity index (χ3v) is 7.39. The lowest BCUT2D eigenvalue weighted by molar-refractivity contribution is -0.148. The number of halogens is 1. The number of aliphatic carboxylic acids is 1. The van der Waals surface area contributed by atoms with Crippen LogP contribution in [-0.2, 0) is 4.79 Å². The molecule has 0 radical (unpaired) electrons. The molecule has 2 bridgehead atoms. The molecule has 172 valence electrons. The molecule has 3 heterocycles. The van der Waals surface area contributed by atoms with Gasteiger partial charge in [-0.25, -0.2) is 19.9 Å². The zero-order valence-corrected chi connectivity index (χ0v) is 19.0. The number of H-pyrrole nitrogens is 1. The molecular formula is C25H23ClN6O2. The Balaban J connectivity index is 1.46. The van der Waals surface area contributed by atoms with E-state index in [0.717, 1.165) is 36.9 Å². The van der Waals surface area contributed by atoms with E-state index in [1.807, 2.05) is 36.4 Å². The number of fused-ring (bicyclic) bond motifs is 4. The molecule has 9 heteroatoms. The second kappa shape index (κ2) is 8.36. The van der Waals surface area contributed by atoms with E-state index in [-0.39, 0.29) is 17.1 Å². The standard InChI is InChI=1S/C25H23ClN6O2/c26-18-12-28-24-22(30-18)16(11-27-24)23-29-17(13-4-2-1-3-5-13)10-19(32-23)31-21-15-8-6-14(7-9-15)20(21)25(33)34/h1-5,10-12,14-15,20-21H,6-9H2,(H,27,28)(H,33,34)(H,29,31,32). The number of rotatable bonds is 5. The van der Waals surface area contributed by atoms with E-state index in [9.17, 15) is 9.90 Å². The average molecular weight is 475 g/mol. The van der Waals surface area contributed by atoms with Crippen LogP contribution in [0.15, 0.2) is 48.8 Å². The number of hydrogen-bond acceptors (Lipinski definition) is 6. The van der Waals surface area contributed by atoms with Crippen LogP contribution in [0.5, 0.6) is 0 Å². The summed E-state index contributed by atoms with van der Waals surface area (Å²) in [4.78, 5) is 33.6. The second-order valence-electron chi connectivity index (χ2n) is 9.13. The van der Waals surface area contributed by atoms with Crippen LogP contribution in [0.1, 0.15) is 25.7 Å². The molecule has 3 aromatic heterocycles. The Morgan fingerprint density at radius 2 is 1.82 bits per heavy atom. The van der Waals surface area contributed by atoms with Gasteiger partial charge in [0.1, 0.15) is 16.5 Å². The monoisotopic (exact) mass is 474 g/mol. The molecule has 34 heavy (non-hydrogen) atoms. The summed E-state index contributed by atoms with van der Waals surface area (Å²) in [6.45, 7) is 0. The van der Waals surface area contributed by atoms with E-state index < -0.39 is 11.9 Å². The highest BCUT2D eigenvalue weighted by atomic mass is 35.5. The first kappa shape index (κ1) is 21.0. The van der Waals surface area contributed by atoms with E-state index in [2.05, 4.69) is 20.3 Å². The summed E-state index contributed by atoms with van der Waals surface area (Å²) in [6, 6.07) is 11.6. The van der Waals surface area contributed by atoms with Crippen molar-refractivity contribution in [1.82, 2.24) is 24.9 Å². The van der Waals surface area contributed by atoms with Crippen LogP contribution in [0.4, 0.5) is 5.82 Å². The van der Waals surface area contributed by atoms with Crippen molar-refractivity contribution < 1.29 is 9.90 Å². The van der Waals surface area contributed by atoms with E-state index in [1.54, 1.807) is 6.20 Å². The van der Waals surface area contributed by atoms with Crippen LogP contribution in [0.25, 0.3) is 33.8 Å². The van der Waals surface area contributed by atoms with Crippen molar-refractivity contribution in [3.8, 4) is 22.6 Å². The molecule has 0 saturated heterocycles. The van der Waals surface area contributed by atoms with Gasteiger partial charge in [0.2, 0.25) is 0 Å². The fraction of sp³-hybridized carbons (Fsp3) is 0.320. The van der Waals surface area contributed by atoms with Gasteiger partial charge < -0.3 is 15.4 Å². The van der Waals surface area contributed by atoms with Gasteiger partial charge in [0.25, 0.3) is 0 Å². The SMILES string of the molecule is O=C(O)C1C2CCC(CC2)C1Nc1cc(-c2ccccc2)nc(-c2c[nH]c3ncc(Cl)nc23)n1. The van der Waals surface area contributed by atoms with Gasteiger partial charge in [0, 0.05) is 23.9 Å². The maximum absolute atomic E-state index is 12.2. The predicted octanol–water partition coefficient (Wildman–Crippen LogP) is 5.04. The maximum atomic E-state index is 12.2. The van der Waals surface area contributed by atoms with Gasteiger partial charge >= 0.3 is 5.97 Å². The fourth-order valence-corrected chi connectivity index (χ4v) is 5.76. The number of aromatic nitrogens is 5. The fourth-order valence-electron chi connectivity index (χ4n) is 5.62. The minimum Gasteiger partial charge on any atom is -0.481 e. The highest BCUT2D eigenvalue weighted by Gasteiger charge is 2.47. The van der Waals surface area contributed by atoms with Gasteiger partial charge in [0.15, 0.2) is 11.5 Å². The van der Waals surface area contributed by atoms with Gasteiger partial charge in [-0.1, -0.05) is 41.9 Å². The molecular weight excluding hydrogens is 452 g/mol. The Hall–Kier alpha value is -3.52. The van der Waals surface area contributed by atoms with Crippen molar-refractivity contribution in [2.75, 3.05) is 5.32 Å². The Labute approximate surface area is 200 Å². The number of nitrogens with one attached hydrogen (secondary N) is 2. The number of benzene rings is 1. The topological polar surface area (TPSA) is 117 Å². The Morgan fingerprint density at radius 1 is 1.06 bits per heavy atom. The van der Waals surface area contributed by atoms with Crippen molar-refractivity contribution in [2.45, 2.75) is 31.7 Å². The molecule has 3 aliphatic rings. The first-order valence-corrected chi connectivity index (χ1v) is 11.9. The Morgan fingerprint density at radius 3 is 2.59 bits per heavy atom. The molecule has 3 N–H and O–H groups in total. The number of carbonyl (C=O) groups is 1. The van der Waals surface area contributed by atoms with Crippen LogP contribution >= 0.6 is 11.6 Å². The van der Waals surface area contributed by atoms with Gasteiger partial charge in [-0.3, -0.25) is 4.79 Å². The minimum absolute atomic E-state index is 0.159. The van der Waals surface area contributed by atoms with Crippen molar-refractivity contribution in [2.24, 2.45) is 17.8 Å². The van der Waals surface area contributed by atoms with Crippen LogP contribution in [0, 0.1) is 17.8 Å². The molecule has 3 aliphatic carbocycles. The Bertz CT molecular complexity index is 1370. The molecule has 4 aromatic rings. The molecule has 3 saturated carbocycles. The number of carboxylic acid groups (broad SMARTS) is 1. The van der Waals surface area contributed by atoms with E-state index in [0.29, 0.717) is 34.3 Å². The number of hydrogen-bond donors (Lipinski definition) is 3. The summed E-state index contributed by atoms with van der Waals surface area (Å²) >= 11 is 6.11. The number of aromatic amines is 1. The largest absolute Gasteiger partial charge is 0.481 e. The van der Waals surface area contributed by atoms with Crippen LogP contribution in [0.3, 0.4) is 0 Å². The summed E-state index contributed by atoms with van der Waals surface area (Å²) in [6.07, 6.45) is 7.33. The lowest BCUT2D eigenvalue weighted by atomic mass is 9.61. The second-order valence-corrected chi connectivity index (χ2v) is 9.52. The summed E-state index contributed by atoms with van der Waals surface area (Å²) in [5.74, 6) is 0.467. The van der Waals surface area contributed by atoms with E-state index in [1.165, 1.54) is 6.20 Å². The summed E-state index contributed by atoms with van der Waals surface area (Å²) in [5.41, 5.74) is 3.55. The maximum Gasteiger partial charge on any atom is 0.308 e. The number of nitrogens with zero attached hydrogens (tertiary/aromatic N) is 4. The summed E-state index contributed by atoms with van der Waals surface area (Å²) in [5, 5.41) is 13.8. The van der Waals surface area contributed by atoms with Crippen molar-refractivity contribution in [3.63, 3.8) is 0 Å². The molecule has 1 aromatic carbocycles. The minimum atomic E-state index is -0.731. The third-order valence-electron chi connectivity index (χ3n) is 7.21. The van der Waals surface area contributed by atoms with Crippen molar-refractivity contribution in [3.05, 3.63) is 53.9 Å². The lowest BCUT2D eigenvalue weighted by Gasteiger charge is -2.47.